The van der Waals surface area contributed by atoms with E-state index in [0.29, 0.717) is 18.4 Å². The van der Waals surface area contributed by atoms with E-state index in [1.165, 1.54) is 6.42 Å². The Morgan fingerprint density at radius 2 is 1.59 bits per heavy atom. The largest absolute Gasteiger partial charge is 0.325 e. The van der Waals surface area contributed by atoms with Crippen LogP contribution in [0, 0.1) is 6.92 Å². The molecule has 1 aliphatic heterocycles. The summed E-state index contributed by atoms with van der Waals surface area (Å²) in [5, 5.41) is 3.19. The van der Waals surface area contributed by atoms with Crippen LogP contribution in [-0.4, -0.2) is 35.5 Å². The molecule has 1 heterocycles. The average molecular weight is 462 g/mol. The Bertz CT molecular complexity index is 1030. The second-order valence-electron chi connectivity index (χ2n) is 10.8. The van der Waals surface area contributed by atoms with Gasteiger partial charge in [-0.15, -0.1) is 0 Å². The first kappa shape index (κ1) is 24.3. The summed E-state index contributed by atoms with van der Waals surface area (Å²) in [6.45, 7) is 11.3. The fraction of sp³-hybridized carbons (Fsp3) is 0.517. The van der Waals surface area contributed by atoms with Gasteiger partial charge in [-0.05, 0) is 60.4 Å². The lowest BCUT2D eigenvalue weighted by Crippen LogP contribution is -2.48. The zero-order chi connectivity index (χ0) is 24.5. The van der Waals surface area contributed by atoms with Crippen molar-refractivity contribution in [3.05, 3.63) is 59.2 Å². The van der Waals surface area contributed by atoms with Crippen molar-refractivity contribution >= 4 is 23.3 Å². The molecular weight excluding hydrogens is 422 g/mol. The topological polar surface area (TPSA) is 52.7 Å². The molecule has 2 aliphatic rings. The summed E-state index contributed by atoms with van der Waals surface area (Å²) < 4.78 is 0. The number of benzene rings is 2. The van der Waals surface area contributed by atoms with Crippen molar-refractivity contribution in [3.8, 4) is 0 Å². The summed E-state index contributed by atoms with van der Waals surface area (Å²) in [5.41, 5.74) is 5.05. The maximum atomic E-state index is 13.7. The zero-order valence-corrected chi connectivity index (χ0v) is 21.4. The minimum Gasteiger partial charge on any atom is -0.324 e. The molecule has 2 aromatic rings. The van der Waals surface area contributed by atoms with Crippen molar-refractivity contribution < 1.29 is 9.59 Å². The molecule has 2 fully saturated rings. The van der Waals surface area contributed by atoms with Crippen LogP contribution in [-0.2, 0) is 4.79 Å². The van der Waals surface area contributed by atoms with Gasteiger partial charge >= 0.3 is 6.03 Å². The van der Waals surface area contributed by atoms with Crippen molar-refractivity contribution in [3.63, 3.8) is 0 Å². The molecule has 1 saturated heterocycles. The van der Waals surface area contributed by atoms with E-state index >= 15 is 0 Å². The quantitative estimate of drug-likeness (QED) is 0.513. The van der Waals surface area contributed by atoms with E-state index in [-0.39, 0.29) is 24.0 Å². The molecule has 1 saturated carbocycles. The number of aryl methyl sites for hydroxylation is 1. The normalized spacial score (nSPS) is 17.8. The van der Waals surface area contributed by atoms with Gasteiger partial charge in [-0.3, -0.25) is 9.69 Å². The molecule has 0 bridgehead atoms. The number of carbonyl (C=O) groups excluding carboxylic acids is 2. The van der Waals surface area contributed by atoms with Crippen LogP contribution in [0.5, 0.6) is 0 Å². The molecule has 34 heavy (non-hydrogen) atoms. The number of urea groups is 1. The van der Waals surface area contributed by atoms with Gasteiger partial charge in [0.25, 0.3) is 0 Å². The highest BCUT2D eigenvalue weighted by Crippen LogP contribution is 2.42. The number of nitrogens with zero attached hydrogens (tertiary/aromatic N) is 2. The number of hydrogen-bond donors (Lipinski definition) is 1. The van der Waals surface area contributed by atoms with E-state index in [1.54, 1.807) is 4.90 Å². The van der Waals surface area contributed by atoms with E-state index in [1.807, 2.05) is 17.0 Å². The standard InChI is InChI=1S/C29H39N3O2/c1-20(2)24-13-10-14-25(21(3)4)27(24)30-26(33)18-31-19-29(15-7-6-8-16-29)32(28(31)34)23-12-9-11-22(5)17-23/h9-14,17,20-21H,6-8,15-16,18-19H2,1-5H3,(H,30,33). The molecule has 0 aromatic heterocycles. The van der Waals surface area contributed by atoms with Gasteiger partial charge in [-0.1, -0.05) is 77.3 Å². The second kappa shape index (κ2) is 9.81. The van der Waals surface area contributed by atoms with Gasteiger partial charge in [0.15, 0.2) is 0 Å². The van der Waals surface area contributed by atoms with Crippen molar-refractivity contribution in [1.29, 1.82) is 0 Å². The molecule has 1 aliphatic carbocycles. The van der Waals surface area contributed by atoms with Crippen molar-refractivity contribution in [2.24, 2.45) is 0 Å². The smallest absolute Gasteiger partial charge is 0.324 e. The van der Waals surface area contributed by atoms with E-state index < -0.39 is 0 Å². The van der Waals surface area contributed by atoms with Gasteiger partial charge < -0.3 is 10.2 Å². The number of para-hydroxylation sites is 1. The Hall–Kier alpha value is -2.82. The van der Waals surface area contributed by atoms with Gasteiger partial charge in [0.1, 0.15) is 6.54 Å². The average Bonchev–Trinajstić information content (AvgIpc) is 3.04. The van der Waals surface area contributed by atoms with Gasteiger partial charge in [-0.2, -0.15) is 0 Å². The number of hydrogen-bond acceptors (Lipinski definition) is 2. The highest BCUT2D eigenvalue weighted by atomic mass is 16.2. The van der Waals surface area contributed by atoms with E-state index in [4.69, 9.17) is 0 Å². The van der Waals surface area contributed by atoms with E-state index in [0.717, 1.165) is 53.7 Å². The molecule has 2 aromatic carbocycles. The molecule has 4 rings (SSSR count). The van der Waals surface area contributed by atoms with Crippen molar-refractivity contribution in [1.82, 2.24) is 4.90 Å². The van der Waals surface area contributed by atoms with Crippen LogP contribution in [0.4, 0.5) is 16.2 Å². The molecular formula is C29H39N3O2. The molecule has 0 unspecified atom stereocenters. The molecule has 0 atom stereocenters. The number of carbonyl (C=O) groups is 2. The molecule has 5 heteroatoms. The minimum absolute atomic E-state index is 0.0520. The minimum atomic E-state index is -0.220. The SMILES string of the molecule is Cc1cccc(N2C(=O)N(CC(=O)Nc3c(C(C)C)cccc3C(C)C)CC23CCCCC3)c1. The Morgan fingerprint density at radius 3 is 2.18 bits per heavy atom. The first-order chi connectivity index (χ1) is 16.2. The zero-order valence-electron chi connectivity index (χ0n) is 21.4. The Kier molecular flexibility index (Phi) is 7.01. The monoisotopic (exact) mass is 461 g/mol. The Balaban J connectivity index is 1.59. The molecule has 182 valence electrons. The molecule has 0 radical (unpaired) electrons. The van der Waals surface area contributed by atoms with Crippen LogP contribution in [0.15, 0.2) is 42.5 Å². The van der Waals surface area contributed by atoms with Crippen molar-refractivity contribution in [2.45, 2.75) is 84.1 Å². The third-order valence-electron chi connectivity index (χ3n) is 7.44. The highest BCUT2D eigenvalue weighted by molar-refractivity contribution is 6.01. The third kappa shape index (κ3) is 4.70. The molecule has 3 amide bonds. The first-order valence-corrected chi connectivity index (χ1v) is 12.8. The van der Waals surface area contributed by atoms with Crippen molar-refractivity contribution in [2.75, 3.05) is 23.3 Å². The predicted molar refractivity (Wildman–Crippen MR) is 140 cm³/mol. The lowest BCUT2D eigenvalue weighted by molar-refractivity contribution is -0.116. The maximum Gasteiger partial charge on any atom is 0.325 e. The molecule has 1 N–H and O–H groups in total. The van der Waals surface area contributed by atoms with Crippen LogP contribution in [0.25, 0.3) is 0 Å². The van der Waals surface area contributed by atoms with Gasteiger partial charge in [0.2, 0.25) is 5.91 Å². The Labute approximate surface area is 204 Å². The molecule has 1 spiro atoms. The maximum absolute atomic E-state index is 13.7. The summed E-state index contributed by atoms with van der Waals surface area (Å²) in [5.74, 6) is 0.467. The Morgan fingerprint density at radius 1 is 0.971 bits per heavy atom. The van der Waals surface area contributed by atoms with Crippen LogP contribution in [0.3, 0.4) is 0 Å². The number of anilines is 2. The first-order valence-electron chi connectivity index (χ1n) is 12.8. The third-order valence-corrected chi connectivity index (χ3v) is 7.44. The lowest BCUT2D eigenvalue weighted by Gasteiger charge is -2.40. The number of nitrogens with one attached hydrogen (secondary N) is 1. The lowest BCUT2D eigenvalue weighted by atomic mass is 9.81. The van der Waals surface area contributed by atoms with Gasteiger partial charge in [-0.25, -0.2) is 4.79 Å². The fourth-order valence-electron chi connectivity index (χ4n) is 5.75. The fourth-order valence-corrected chi connectivity index (χ4v) is 5.75. The summed E-state index contributed by atoms with van der Waals surface area (Å²) in [7, 11) is 0. The number of rotatable bonds is 6. The van der Waals surface area contributed by atoms with Crippen LogP contribution >= 0.6 is 0 Å². The van der Waals surface area contributed by atoms with Crippen LogP contribution in [0.2, 0.25) is 0 Å². The molecule has 5 nitrogen and oxygen atoms in total. The van der Waals surface area contributed by atoms with Crippen LogP contribution < -0.4 is 10.2 Å². The predicted octanol–water partition coefficient (Wildman–Crippen LogP) is 6.83. The van der Waals surface area contributed by atoms with E-state index in [2.05, 4.69) is 70.3 Å². The second-order valence-corrected chi connectivity index (χ2v) is 10.8. The van der Waals surface area contributed by atoms with E-state index in [9.17, 15) is 9.59 Å². The van der Waals surface area contributed by atoms with Crippen LogP contribution in [0.1, 0.15) is 88.3 Å². The van der Waals surface area contributed by atoms with Gasteiger partial charge in [0.05, 0.1) is 5.54 Å². The summed E-state index contributed by atoms with van der Waals surface area (Å²) in [6, 6.07) is 14.4. The summed E-state index contributed by atoms with van der Waals surface area (Å²) in [4.78, 5) is 30.8. The van der Waals surface area contributed by atoms with Gasteiger partial charge in [0, 0.05) is 17.9 Å². The highest BCUT2D eigenvalue weighted by Gasteiger charge is 2.50. The summed E-state index contributed by atoms with van der Waals surface area (Å²) in [6.07, 6.45) is 5.42. The summed E-state index contributed by atoms with van der Waals surface area (Å²) >= 11 is 0. The number of amides is 3.